The van der Waals surface area contributed by atoms with Gasteiger partial charge in [0, 0.05) is 32.1 Å². The number of ether oxygens (including phenoxy) is 1. The molecule has 6 nitrogen and oxygen atoms in total. The Morgan fingerprint density at radius 3 is 2.76 bits per heavy atom. The summed E-state index contributed by atoms with van der Waals surface area (Å²) in [5.74, 6) is 0.483. The molecule has 114 valence electrons. The van der Waals surface area contributed by atoms with Crippen LogP contribution in [0.3, 0.4) is 0 Å². The number of piperazine rings is 1. The number of benzene rings is 1. The van der Waals surface area contributed by atoms with Crippen LogP contribution in [0.4, 0.5) is 0 Å². The molecule has 1 amide bonds. The number of hydrogen-bond donors (Lipinski definition) is 0. The maximum atomic E-state index is 12.8. The molecule has 21 heavy (non-hydrogen) atoms. The third-order valence-corrected chi connectivity index (χ3v) is 6.05. The summed E-state index contributed by atoms with van der Waals surface area (Å²) in [5.41, 5.74) is 0. The average Bonchev–Trinajstić information content (AvgIpc) is 2.88. The lowest BCUT2D eigenvalue weighted by atomic mass is 10.2. The fraction of sp³-hybridized carbons (Fsp3) is 0.500. The van der Waals surface area contributed by atoms with E-state index in [9.17, 15) is 13.2 Å². The molecule has 0 saturated carbocycles. The van der Waals surface area contributed by atoms with Gasteiger partial charge in [-0.3, -0.25) is 4.79 Å². The summed E-state index contributed by atoms with van der Waals surface area (Å²) in [6.07, 6.45) is 1.25. The average molecular weight is 310 g/mol. The van der Waals surface area contributed by atoms with E-state index in [1.165, 1.54) is 11.4 Å². The van der Waals surface area contributed by atoms with Crippen LogP contribution in [-0.2, 0) is 14.8 Å². The van der Waals surface area contributed by atoms with Gasteiger partial charge in [0.25, 0.3) is 0 Å². The number of rotatable bonds is 3. The largest absolute Gasteiger partial charge is 0.495 e. The number of carbonyl (C=O) groups is 1. The first-order chi connectivity index (χ1) is 10.0. The van der Waals surface area contributed by atoms with E-state index in [-0.39, 0.29) is 16.8 Å². The van der Waals surface area contributed by atoms with Gasteiger partial charge in [-0.15, -0.1) is 0 Å². The van der Waals surface area contributed by atoms with Crippen molar-refractivity contribution in [3.63, 3.8) is 0 Å². The summed E-state index contributed by atoms with van der Waals surface area (Å²) < 4.78 is 32.2. The van der Waals surface area contributed by atoms with Gasteiger partial charge in [0.15, 0.2) is 0 Å². The summed E-state index contributed by atoms with van der Waals surface area (Å²) >= 11 is 0. The van der Waals surface area contributed by atoms with Crippen LogP contribution < -0.4 is 4.74 Å². The monoisotopic (exact) mass is 310 g/mol. The fourth-order valence-electron chi connectivity index (χ4n) is 3.03. The van der Waals surface area contributed by atoms with Crippen LogP contribution in [-0.4, -0.2) is 56.3 Å². The maximum Gasteiger partial charge on any atom is 0.246 e. The second-order valence-electron chi connectivity index (χ2n) is 5.29. The summed E-state index contributed by atoms with van der Waals surface area (Å²) in [6, 6.07) is 6.63. The minimum Gasteiger partial charge on any atom is -0.495 e. The molecule has 2 fully saturated rings. The van der Waals surface area contributed by atoms with Crippen LogP contribution >= 0.6 is 0 Å². The van der Waals surface area contributed by atoms with E-state index < -0.39 is 10.0 Å². The number of nitrogens with zero attached hydrogens (tertiary/aromatic N) is 2. The van der Waals surface area contributed by atoms with Gasteiger partial charge in [0.05, 0.1) is 7.11 Å². The van der Waals surface area contributed by atoms with Gasteiger partial charge < -0.3 is 9.64 Å². The molecule has 7 heteroatoms. The summed E-state index contributed by atoms with van der Waals surface area (Å²) in [7, 11) is -2.13. The van der Waals surface area contributed by atoms with Crippen molar-refractivity contribution in [1.82, 2.24) is 9.21 Å². The van der Waals surface area contributed by atoms with Crippen LogP contribution in [0.5, 0.6) is 5.75 Å². The van der Waals surface area contributed by atoms with Gasteiger partial charge in [-0.2, -0.15) is 4.31 Å². The van der Waals surface area contributed by atoms with E-state index in [1.54, 1.807) is 29.2 Å². The van der Waals surface area contributed by atoms with E-state index in [1.807, 2.05) is 0 Å². The number of fused-ring (bicyclic) bond motifs is 1. The van der Waals surface area contributed by atoms with Crippen LogP contribution in [0.2, 0.25) is 0 Å². The number of amides is 1. The zero-order chi connectivity index (χ0) is 15.0. The van der Waals surface area contributed by atoms with Gasteiger partial charge in [0.2, 0.25) is 15.9 Å². The minimum atomic E-state index is -3.59. The smallest absolute Gasteiger partial charge is 0.246 e. The highest BCUT2D eigenvalue weighted by Gasteiger charge is 2.40. The minimum absolute atomic E-state index is 0.00994. The van der Waals surface area contributed by atoms with E-state index in [0.29, 0.717) is 31.8 Å². The lowest BCUT2D eigenvalue weighted by molar-refractivity contribution is -0.130. The standard InChI is InChI=1S/C14H18N2O4S/c1-20-12-4-2-3-5-13(12)21(18,19)15-8-9-16-11(10-15)6-7-14(16)17/h2-5,11H,6-10H2,1H3. The third kappa shape index (κ3) is 2.40. The number of carbonyl (C=O) groups excluding carboxylic acids is 1. The molecule has 0 spiro atoms. The molecular formula is C14H18N2O4S. The maximum absolute atomic E-state index is 12.8. The van der Waals surface area contributed by atoms with Gasteiger partial charge in [-0.1, -0.05) is 12.1 Å². The normalized spacial score (nSPS) is 23.2. The second-order valence-corrected chi connectivity index (χ2v) is 7.20. The third-order valence-electron chi connectivity index (χ3n) is 4.14. The molecule has 0 aliphatic carbocycles. The molecule has 0 radical (unpaired) electrons. The van der Waals surface area contributed by atoms with Crippen LogP contribution in [0.1, 0.15) is 12.8 Å². The summed E-state index contributed by atoms with van der Waals surface area (Å²) in [5, 5.41) is 0. The predicted octanol–water partition coefficient (Wildman–Crippen LogP) is 0.690. The van der Waals surface area contributed by atoms with Gasteiger partial charge in [-0.25, -0.2) is 8.42 Å². The molecule has 1 unspecified atom stereocenters. The number of para-hydroxylation sites is 1. The molecule has 0 N–H and O–H groups in total. The summed E-state index contributed by atoms with van der Waals surface area (Å²) in [6.45, 7) is 1.17. The molecule has 2 aliphatic rings. The van der Waals surface area contributed by atoms with Gasteiger partial charge in [-0.05, 0) is 18.6 Å². The number of hydrogen-bond acceptors (Lipinski definition) is 4. The van der Waals surface area contributed by atoms with Crippen molar-refractivity contribution in [3.05, 3.63) is 24.3 Å². The Labute approximate surface area is 124 Å². The first-order valence-electron chi connectivity index (χ1n) is 6.96. The Balaban J connectivity index is 1.88. The van der Waals surface area contributed by atoms with E-state index >= 15 is 0 Å². The zero-order valence-corrected chi connectivity index (χ0v) is 12.7. The Bertz CT molecular complexity index is 659. The van der Waals surface area contributed by atoms with Crippen molar-refractivity contribution in [2.75, 3.05) is 26.7 Å². The van der Waals surface area contributed by atoms with Gasteiger partial charge in [0.1, 0.15) is 10.6 Å². The first-order valence-corrected chi connectivity index (χ1v) is 8.40. The van der Waals surface area contributed by atoms with Crippen molar-refractivity contribution in [2.45, 2.75) is 23.8 Å². The second kappa shape index (κ2) is 5.31. The van der Waals surface area contributed by atoms with Crippen LogP contribution in [0, 0.1) is 0 Å². The topological polar surface area (TPSA) is 66.9 Å². The molecule has 3 rings (SSSR count). The van der Waals surface area contributed by atoms with Crippen LogP contribution in [0.15, 0.2) is 29.2 Å². The van der Waals surface area contributed by atoms with Crippen LogP contribution in [0.25, 0.3) is 0 Å². The molecular weight excluding hydrogens is 292 g/mol. The highest BCUT2D eigenvalue weighted by atomic mass is 32.2. The lowest BCUT2D eigenvalue weighted by Crippen LogP contribution is -2.53. The highest BCUT2D eigenvalue weighted by molar-refractivity contribution is 7.89. The van der Waals surface area contributed by atoms with Crippen molar-refractivity contribution in [1.29, 1.82) is 0 Å². The Morgan fingerprint density at radius 2 is 2.00 bits per heavy atom. The van der Waals surface area contributed by atoms with E-state index in [4.69, 9.17) is 4.74 Å². The number of methoxy groups -OCH3 is 1. The van der Waals surface area contributed by atoms with E-state index in [0.717, 1.165) is 6.42 Å². The van der Waals surface area contributed by atoms with Crippen molar-refractivity contribution in [2.24, 2.45) is 0 Å². The SMILES string of the molecule is COc1ccccc1S(=O)(=O)N1CCN2C(=O)CCC2C1. The molecule has 1 aromatic rings. The van der Waals surface area contributed by atoms with E-state index in [2.05, 4.69) is 0 Å². The molecule has 0 aromatic heterocycles. The molecule has 1 aromatic carbocycles. The molecule has 0 bridgehead atoms. The van der Waals surface area contributed by atoms with Crippen molar-refractivity contribution in [3.8, 4) is 5.75 Å². The van der Waals surface area contributed by atoms with Crippen molar-refractivity contribution < 1.29 is 17.9 Å². The fourth-order valence-corrected chi connectivity index (χ4v) is 4.65. The lowest BCUT2D eigenvalue weighted by Gasteiger charge is -2.36. The number of sulfonamides is 1. The van der Waals surface area contributed by atoms with Gasteiger partial charge >= 0.3 is 0 Å². The van der Waals surface area contributed by atoms with Crippen molar-refractivity contribution >= 4 is 15.9 Å². The highest BCUT2D eigenvalue weighted by Crippen LogP contribution is 2.30. The Hall–Kier alpha value is -1.60. The molecule has 1 atom stereocenters. The Morgan fingerprint density at radius 1 is 1.24 bits per heavy atom. The Kier molecular flexibility index (Phi) is 3.62. The zero-order valence-electron chi connectivity index (χ0n) is 11.9. The quantitative estimate of drug-likeness (QED) is 0.824. The molecule has 2 saturated heterocycles. The predicted molar refractivity (Wildman–Crippen MR) is 76.5 cm³/mol. The first kappa shape index (κ1) is 14.3. The molecule has 2 aliphatic heterocycles. The summed E-state index contributed by atoms with van der Waals surface area (Å²) in [4.78, 5) is 13.7. The molecule has 2 heterocycles.